The van der Waals surface area contributed by atoms with Crippen LogP contribution in [0.15, 0.2) is 77.8 Å². The minimum atomic E-state index is -3.92. The van der Waals surface area contributed by atoms with Gasteiger partial charge in [-0.25, -0.2) is 13.2 Å². The molecular weight excluding hydrogens is 640 g/mol. The number of nitro groups is 1. The van der Waals surface area contributed by atoms with Crippen LogP contribution in [-0.2, 0) is 19.6 Å². The van der Waals surface area contributed by atoms with Crippen LogP contribution >= 0.6 is 0 Å². The molecule has 0 bridgehead atoms. The number of carbonyl (C=O) groups is 2. The number of carbonyl (C=O) groups excluding carboxylic acids is 2. The molecule has 0 spiro atoms. The first-order valence-corrected chi connectivity index (χ1v) is 16.8. The summed E-state index contributed by atoms with van der Waals surface area (Å²) in [6, 6.07) is 16.7. The molecule has 1 fully saturated rings. The van der Waals surface area contributed by atoms with Gasteiger partial charge in [-0.2, -0.15) is 0 Å². The summed E-state index contributed by atoms with van der Waals surface area (Å²) in [6.07, 6.45) is 1.32. The highest BCUT2D eigenvalue weighted by molar-refractivity contribution is 7.92. The number of aromatic amines is 1. The van der Waals surface area contributed by atoms with Crippen LogP contribution in [0.4, 0.5) is 21.9 Å². The quantitative estimate of drug-likeness (QED) is 0.151. The van der Waals surface area contributed by atoms with Crippen molar-refractivity contribution < 1.29 is 32.4 Å². The first-order valence-electron chi connectivity index (χ1n) is 15.3. The standard InChI is InChI=1S/C33H38N6O8S/c1-22(35-32(41)47-33(2,3)4)29-20-34-30-14-11-26(19-28(29)30)46-21-31(40)38-17-15-37(16-18-38)24-7-5-23(6-8-24)36-48(44,45)27-12-9-25(10-13-27)39(42)43/h5-14,19-20,22,34,36H,15-18,21H2,1-4H3,(H,35,41). The summed E-state index contributed by atoms with van der Waals surface area (Å²) in [4.78, 5) is 42.5. The van der Waals surface area contributed by atoms with Gasteiger partial charge in [0.15, 0.2) is 6.61 Å². The Labute approximate surface area is 278 Å². The van der Waals surface area contributed by atoms with Gasteiger partial charge < -0.3 is 29.6 Å². The van der Waals surface area contributed by atoms with Gasteiger partial charge in [0.25, 0.3) is 21.6 Å². The number of nitrogens with zero attached hydrogens (tertiary/aromatic N) is 3. The summed E-state index contributed by atoms with van der Waals surface area (Å²) in [5, 5.41) is 14.6. The summed E-state index contributed by atoms with van der Waals surface area (Å²) < 4.78 is 39.2. The Morgan fingerprint density at radius 3 is 2.29 bits per heavy atom. The number of amides is 2. The van der Waals surface area contributed by atoms with E-state index in [1.807, 2.05) is 25.3 Å². The molecule has 1 aromatic heterocycles. The molecule has 1 aliphatic rings. The number of fused-ring (bicyclic) bond motifs is 1. The molecule has 14 nitrogen and oxygen atoms in total. The van der Waals surface area contributed by atoms with E-state index in [2.05, 4.69) is 19.9 Å². The van der Waals surface area contributed by atoms with Gasteiger partial charge in [-0.05, 0) is 87.9 Å². The highest BCUT2D eigenvalue weighted by Gasteiger charge is 2.23. The number of ether oxygens (including phenoxy) is 2. The summed E-state index contributed by atoms with van der Waals surface area (Å²) in [5.41, 5.74) is 2.15. The molecule has 0 saturated carbocycles. The molecule has 15 heteroatoms. The number of H-pyrrole nitrogens is 1. The second-order valence-corrected chi connectivity index (χ2v) is 14.1. The average Bonchev–Trinajstić information content (AvgIpc) is 3.46. The normalized spacial score (nSPS) is 14.3. The molecule has 3 N–H and O–H groups in total. The summed E-state index contributed by atoms with van der Waals surface area (Å²) in [6.45, 7) is 9.30. The minimum Gasteiger partial charge on any atom is -0.484 e. The van der Waals surface area contributed by atoms with Gasteiger partial charge in [0.05, 0.1) is 15.9 Å². The fourth-order valence-corrected chi connectivity index (χ4v) is 6.34. The first kappa shape index (κ1) is 34.0. The van der Waals surface area contributed by atoms with Crippen molar-refractivity contribution >= 4 is 50.0 Å². The van der Waals surface area contributed by atoms with Crippen LogP contribution in [0.2, 0.25) is 0 Å². The number of hydrogen-bond acceptors (Lipinski definition) is 9. The molecular formula is C33H38N6O8S. The van der Waals surface area contributed by atoms with Crippen molar-refractivity contribution in [2.75, 3.05) is 42.4 Å². The van der Waals surface area contributed by atoms with Gasteiger partial charge in [-0.3, -0.25) is 19.6 Å². The maximum atomic E-state index is 13.0. The van der Waals surface area contributed by atoms with E-state index in [-0.39, 0.29) is 29.1 Å². The number of sulfonamides is 1. The number of piperazine rings is 1. The molecule has 5 rings (SSSR count). The maximum Gasteiger partial charge on any atom is 0.408 e. The number of aromatic nitrogens is 1. The zero-order valence-corrected chi connectivity index (χ0v) is 27.9. The molecule has 0 radical (unpaired) electrons. The van der Waals surface area contributed by atoms with E-state index in [9.17, 15) is 28.1 Å². The van der Waals surface area contributed by atoms with Crippen LogP contribution in [0.3, 0.4) is 0 Å². The highest BCUT2D eigenvalue weighted by atomic mass is 32.2. The SMILES string of the molecule is CC(NC(=O)OC(C)(C)C)c1c[nH]c2ccc(OCC(=O)N3CCN(c4ccc(NS(=O)(=O)c5ccc([N+](=O)[O-])cc5)cc4)CC3)cc12. The summed E-state index contributed by atoms with van der Waals surface area (Å²) in [5.74, 6) is 0.393. The lowest BCUT2D eigenvalue weighted by Crippen LogP contribution is -2.50. The molecule has 2 heterocycles. The first-order chi connectivity index (χ1) is 22.7. The number of nitro benzene ring substituents is 1. The number of anilines is 2. The fraction of sp³-hybridized carbons (Fsp3) is 0.333. The Hall–Kier alpha value is -5.31. The second-order valence-electron chi connectivity index (χ2n) is 12.4. The number of nitrogens with one attached hydrogen (secondary N) is 3. The molecule has 0 aliphatic carbocycles. The van der Waals surface area contributed by atoms with Crippen molar-refractivity contribution in [1.29, 1.82) is 0 Å². The predicted molar refractivity (Wildman–Crippen MR) is 181 cm³/mol. The van der Waals surface area contributed by atoms with E-state index >= 15 is 0 Å². The number of hydrogen-bond donors (Lipinski definition) is 3. The Morgan fingerprint density at radius 1 is 1.00 bits per heavy atom. The largest absolute Gasteiger partial charge is 0.484 e. The third kappa shape index (κ3) is 8.34. The lowest BCUT2D eigenvalue weighted by molar-refractivity contribution is -0.384. The monoisotopic (exact) mass is 678 g/mol. The number of benzene rings is 3. The molecule has 48 heavy (non-hydrogen) atoms. The highest BCUT2D eigenvalue weighted by Crippen LogP contribution is 2.28. The van der Waals surface area contributed by atoms with Crippen LogP contribution < -0.4 is 19.7 Å². The van der Waals surface area contributed by atoms with Gasteiger partial charge in [-0.1, -0.05) is 0 Å². The number of non-ortho nitro benzene ring substituents is 1. The van der Waals surface area contributed by atoms with E-state index in [1.165, 1.54) is 12.1 Å². The Balaban J connectivity index is 1.11. The van der Waals surface area contributed by atoms with Crippen molar-refractivity contribution in [3.05, 3.63) is 88.6 Å². The van der Waals surface area contributed by atoms with Gasteiger partial charge in [0.2, 0.25) is 0 Å². The third-order valence-corrected chi connectivity index (χ3v) is 9.12. The van der Waals surface area contributed by atoms with E-state index in [0.717, 1.165) is 34.3 Å². The summed E-state index contributed by atoms with van der Waals surface area (Å²) in [7, 11) is -3.92. The lowest BCUT2D eigenvalue weighted by atomic mass is 10.1. The Morgan fingerprint density at radius 2 is 1.67 bits per heavy atom. The summed E-state index contributed by atoms with van der Waals surface area (Å²) >= 11 is 0. The molecule has 4 aromatic rings. The van der Waals surface area contributed by atoms with Gasteiger partial charge in [-0.15, -0.1) is 0 Å². The zero-order valence-electron chi connectivity index (χ0n) is 27.1. The molecule has 1 unspecified atom stereocenters. The van der Waals surface area contributed by atoms with Crippen molar-refractivity contribution in [3.8, 4) is 5.75 Å². The van der Waals surface area contributed by atoms with E-state index < -0.39 is 26.6 Å². The van der Waals surface area contributed by atoms with Crippen LogP contribution in [0.1, 0.15) is 39.3 Å². The minimum absolute atomic E-state index is 0.0843. The van der Waals surface area contributed by atoms with Crippen molar-refractivity contribution in [2.24, 2.45) is 0 Å². The van der Waals surface area contributed by atoms with Crippen LogP contribution in [0.5, 0.6) is 5.75 Å². The molecule has 1 atom stereocenters. The molecule has 1 aliphatic heterocycles. The lowest BCUT2D eigenvalue weighted by Gasteiger charge is -2.36. The third-order valence-electron chi connectivity index (χ3n) is 7.72. The maximum absolute atomic E-state index is 13.0. The van der Waals surface area contributed by atoms with Gasteiger partial charge in [0, 0.05) is 66.8 Å². The zero-order chi connectivity index (χ0) is 34.6. The van der Waals surface area contributed by atoms with E-state index in [0.29, 0.717) is 37.6 Å². The van der Waals surface area contributed by atoms with Crippen LogP contribution in [0.25, 0.3) is 10.9 Å². The second kappa shape index (κ2) is 13.8. The predicted octanol–water partition coefficient (Wildman–Crippen LogP) is 5.19. The number of rotatable bonds is 10. The van der Waals surface area contributed by atoms with Crippen molar-refractivity contribution in [3.63, 3.8) is 0 Å². The number of alkyl carbamates (subject to hydrolysis) is 1. The molecule has 254 valence electrons. The van der Waals surface area contributed by atoms with E-state index in [1.54, 1.807) is 56.0 Å². The van der Waals surface area contributed by atoms with Crippen LogP contribution in [0, 0.1) is 10.1 Å². The van der Waals surface area contributed by atoms with Gasteiger partial charge >= 0.3 is 6.09 Å². The van der Waals surface area contributed by atoms with E-state index in [4.69, 9.17) is 9.47 Å². The molecule has 2 amide bonds. The smallest absolute Gasteiger partial charge is 0.408 e. The Bertz CT molecular complexity index is 1900. The van der Waals surface area contributed by atoms with Crippen molar-refractivity contribution in [2.45, 2.75) is 44.2 Å². The molecule has 3 aromatic carbocycles. The topological polar surface area (TPSA) is 176 Å². The average molecular weight is 679 g/mol. The fourth-order valence-electron chi connectivity index (χ4n) is 5.28. The van der Waals surface area contributed by atoms with Crippen molar-refractivity contribution in [1.82, 2.24) is 15.2 Å². The van der Waals surface area contributed by atoms with Crippen LogP contribution in [-0.4, -0.2) is 73.6 Å². The van der Waals surface area contributed by atoms with Gasteiger partial charge in [0.1, 0.15) is 11.4 Å². The molecule has 1 saturated heterocycles. The Kier molecular flexibility index (Phi) is 9.79.